The van der Waals surface area contributed by atoms with Crippen LogP contribution in [0.1, 0.15) is 27.2 Å². The quantitative estimate of drug-likeness (QED) is 0.739. The highest BCUT2D eigenvalue weighted by Gasteiger charge is 2.44. The van der Waals surface area contributed by atoms with E-state index in [1.165, 1.54) is 0 Å². The maximum Gasteiger partial charge on any atom is 0.407 e. The fourth-order valence-electron chi connectivity index (χ4n) is 2.08. The summed E-state index contributed by atoms with van der Waals surface area (Å²) in [5, 5.41) is 8.93. The SMILES string of the molecule is CC(C)(C)C1CC(C(F)F)CN1C(=O)O. The van der Waals surface area contributed by atoms with Crippen LogP contribution < -0.4 is 0 Å². The molecule has 5 heteroatoms. The lowest BCUT2D eigenvalue weighted by atomic mass is 9.84. The van der Waals surface area contributed by atoms with Crippen LogP contribution in [-0.4, -0.2) is 35.1 Å². The van der Waals surface area contributed by atoms with Crippen molar-refractivity contribution in [3.8, 4) is 0 Å². The minimum Gasteiger partial charge on any atom is -0.465 e. The minimum atomic E-state index is -2.43. The van der Waals surface area contributed by atoms with Gasteiger partial charge in [0, 0.05) is 18.5 Å². The summed E-state index contributed by atoms with van der Waals surface area (Å²) in [4.78, 5) is 12.1. The maximum absolute atomic E-state index is 12.5. The average molecular weight is 221 g/mol. The molecule has 1 aliphatic rings. The van der Waals surface area contributed by atoms with Crippen molar-refractivity contribution in [2.24, 2.45) is 11.3 Å². The van der Waals surface area contributed by atoms with Crippen LogP contribution in [0.25, 0.3) is 0 Å². The van der Waals surface area contributed by atoms with Crippen LogP contribution in [-0.2, 0) is 0 Å². The van der Waals surface area contributed by atoms with Gasteiger partial charge in [0.2, 0.25) is 6.43 Å². The molecule has 0 spiro atoms. The van der Waals surface area contributed by atoms with Crippen molar-refractivity contribution < 1.29 is 18.7 Å². The Hall–Kier alpha value is -0.870. The van der Waals surface area contributed by atoms with E-state index in [1.54, 1.807) is 0 Å². The Morgan fingerprint density at radius 3 is 2.27 bits per heavy atom. The monoisotopic (exact) mass is 221 g/mol. The zero-order chi connectivity index (χ0) is 11.8. The van der Waals surface area contributed by atoms with Crippen LogP contribution in [0.2, 0.25) is 0 Å². The van der Waals surface area contributed by atoms with Crippen LogP contribution in [0, 0.1) is 11.3 Å². The van der Waals surface area contributed by atoms with Gasteiger partial charge in [-0.25, -0.2) is 13.6 Å². The number of hydrogen-bond donors (Lipinski definition) is 1. The second kappa shape index (κ2) is 3.94. The summed E-state index contributed by atoms with van der Waals surface area (Å²) in [6, 6.07) is -0.311. The first kappa shape index (κ1) is 12.2. The van der Waals surface area contributed by atoms with Crippen LogP contribution >= 0.6 is 0 Å². The molecular weight excluding hydrogens is 204 g/mol. The molecule has 0 aromatic carbocycles. The summed E-state index contributed by atoms with van der Waals surface area (Å²) in [5.74, 6) is -0.815. The van der Waals surface area contributed by atoms with Crippen LogP contribution in [0.5, 0.6) is 0 Å². The molecular formula is C10H17F2NO2. The highest BCUT2D eigenvalue weighted by atomic mass is 19.3. The number of amides is 1. The summed E-state index contributed by atoms with van der Waals surface area (Å²) < 4.78 is 25.0. The highest BCUT2D eigenvalue weighted by Crippen LogP contribution is 2.37. The number of carboxylic acid groups (broad SMARTS) is 1. The molecule has 0 aliphatic carbocycles. The largest absolute Gasteiger partial charge is 0.465 e. The number of rotatable bonds is 1. The molecule has 88 valence electrons. The minimum absolute atomic E-state index is 0.0467. The van der Waals surface area contributed by atoms with E-state index >= 15 is 0 Å². The fraction of sp³-hybridized carbons (Fsp3) is 0.900. The Balaban J connectivity index is 2.82. The Labute approximate surface area is 88.1 Å². The van der Waals surface area contributed by atoms with Gasteiger partial charge in [-0.1, -0.05) is 20.8 Å². The molecule has 1 fully saturated rings. The lowest BCUT2D eigenvalue weighted by Crippen LogP contribution is -2.42. The first-order valence-electron chi connectivity index (χ1n) is 5.01. The Bertz CT molecular complexity index is 250. The van der Waals surface area contributed by atoms with E-state index in [0.717, 1.165) is 4.90 Å². The zero-order valence-corrected chi connectivity index (χ0v) is 9.20. The lowest BCUT2D eigenvalue weighted by molar-refractivity contribution is 0.0800. The van der Waals surface area contributed by atoms with Gasteiger partial charge >= 0.3 is 6.09 Å². The van der Waals surface area contributed by atoms with Gasteiger partial charge in [-0.15, -0.1) is 0 Å². The van der Waals surface area contributed by atoms with Crippen molar-refractivity contribution >= 4 is 6.09 Å². The number of alkyl halides is 2. The molecule has 0 aromatic heterocycles. The van der Waals surface area contributed by atoms with Crippen molar-refractivity contribution in [3.05, 3.63) is 0 Å². The van der Waals surface area contributed by atoms with Crippen molar-refractivity contribution in [1.29, 1.82) is 0 Å². The summed E-state index contributed by atoms with van der Waals surface area (Å²) in [7, 11) is 0. The van der Waals surface area contributed by atoms with Gasteiger partial charge < -0.3 is 10.0 Å². The van der Waals surface area contributed by atoms with E-state index < -0.39 is 18.4 Å². The van der Waals surface area contributed by atoms with Gasteiger partial charge in [-0.2, -0.15) is 0 Å². The predicted molar refractivity (Wildman–Crippen MR) is 52.1 cm³/mol. The molecule has 0 aromatic rings. The average Bonchev–Trinajstić information content (AvgIpc) is 2.45. The summed E-state index contributed by atoms with van der Waals surface area (Å²) >= 11 is 0. The molecule has 0 saturated carbocycles. The van der Waals surface area contributed by atoms with Gasteiger partial charge in [0.05, 0.1) is 0 Å². The maximum atomic E-state index is 12.5. The molecule has 2 atom stereocenters. The standard InChI is InChI=1S/C10H17F2NO2/c1-10(2,3)7-4-6(8(11)12)5-13(7)9(14)15/h6-8H,4-5H2,1-3H3,(H,14,15). The molecule has 0 bridgehead atoms. The van der Waals surface area contributed by atoms with Gasteiger partial charge in [0.1, 0.15) is 0 Å². The van der Waals surface area contributed by atoms with Crippen LogP contribution in [0.3, 0.4) is 0 Å². The normalized spacial score (nSPS) is 27.5. The zero-order valence-electron chi connectivity index (χ0n) is 9.20. The number of hydrogen-bond acceptors (Lipinski definition) is 1. The van der Waals surface area contributed by atoms with E-state index in [9.17, 15) is 13.6 Å². The summed E-state index contributed by atoms with van der Waals surface area (Å²) in [6.07, 6.45) is -3.27. The number of carbonyl (C=O) groups is 1. The number of halogens is 2. The molecule has 3 nitrogen and oxygen atoms in total. The molecule has 1 N–H and O–H groups in total. The smallest absolute Gasteiger partial charge is 0.407 e. The van der Waals surface area contributed by atoms with Gasteiger partial charge in [0.15, 0.2) is 0 Å². The van der Waals surface area contributed by atoms with Crippen molar-refractivity contribution in [2.75, 3.05) is 6.54 Å². The summed E-state index contributed by atoms with van der Waals surface area (Å²) in [5.41, 5.74) is -0.290. The lowest BCUT2D eigenvalue weighted by Gasteiger charge is -2.33. The highest BCUT2D eigenvalue weighted by molar-refractivity contribution is 5.66. The van der Waals surface area contributed by atoms with E-state index in [0.29, 0.717) is 0 Å². The van der Waals surface area contributed by atoms with E-state index in [-0.39, 0.29) is 24.4 Å². The summed E-state index contributed by atoms with van der Waals surface area (Å²) in [6.45, 7) is 5.58. The molecule has 1 rings (SSSR count). The number of likely N-dealkylation sites (tertiary alicyclic amines) is 1. The molecule has 1 aliphatic heterocycles. The first-order valence-corrected chi connectivity index (χ1v) is 5.01. The van der Waals surface area contributed by atoms with E-state index in [1.807, 2.05) is 20.8 Å². The third-order valence-corrected chi connectivity index (χ3v) is 2.94. The second-order valence-electron chi connectivity index (χ2n) is 5.15. The number of nitrogens with zero attached hydrogens (tertiary/aromatic N) is 1. The molecule has 1 heterocycles. The fourth-order valence-corrected chi connectivity index (χ4v) is 2.08. The third kappa shape index (κ3) is 2.58. The van der Waals surface area contributed by atoms with Crippen LogP contribution in [0.15, 0.2) is 0 Å². The van der Waals surface area contributed by atoms with E-state index in [2.05, 4.69) is 0 Å². The predicted octanol–water partition coefficient (Wildman–Crippen LogP) is 2.67. The van der Waals surface area contributed by atoms with E-state index in [4.69, 9.17) is 5.11 Å². The van der Waals surface area contributed by atoms with Gasteiger partial charge in [-0.3, -0.25) is 0 Å². The molecule has 0 radical (unpaired) electrons. The molecule has 1 saturated heterocycles. The topological polar surface area (TPSA) is 40.5 Å². The second-order valence-corrected chi connectivity index (χ2v) is 5.15. The Morgan fingerprint density at radius 2 is 2.00 bits per heavy atom. The Morgan fingerprint density at radius 1 is 1.47 bits per heavy atom. The Kier molecular flexibility index (Phi) is 3.21. The van der Waals surface area contributed by atoms with Gasteiger partial charge in [-0.05, 0) is 11.8 Å². The molecule has 2 unspecified atom stereocenters. The third-order valence-electron chi connectivity index (χ3n) is 2.94. The van der Waals surface area contributed by atoms with Crippen molar-refractivity contribution in [2.45, 2.75) is 39.7 Å². The molecule has 15 heavy (non-hydrogen) atoms. The molecule has 1 amide bonds. The van der Waals surface area contributed by atoms with Crippen LogP contribution in [0.4, 0.5) is 13.6 Å². The van der Waals surface area contributed by atoms with Crippen molar-refractivity contribution in [1.82, 2.24) is 4.90 Å². The van der Waals surface area contributed by atoms with Gasteiger partial charge in [0.25, 0.3) is 0 Å². The van der Waals surface area contributed by atoms with Crippen molar-refractivity contribution in [3.63, 3.8) is 0 Å². The first-order chi connectivity index (χ1) is 6.73.